The summed E-state index contributed by atoms with van der Waals surface area (Å²) in [6.07, 6.45) is 1.93. The highest BCUT2D eigenvalue weighted by Gasteiger charge is 2.25. The van der Waals surface area contributed by atoms with Gasteiger partial charge in [0.2, 0.25) is 0 Å². The van der Waals surface area contributed by atoms with E-state index in [0.717, 1.165) is 44.9 Å². The van der Waals surface area contributed by atoms with Crippen molar-refractivity contribution < 1.29 is 9.53 Å². The molecule has 4 nitrogen and oxygen atoms in total. The predicted molar refractivity (Wildman–Crippen MR) is 68.9 cm³/mol. The van der Waals surface area contributed by atoms with Crippen molar-refractivity contribution in [3.63, 3.8) is 0 Å². The first kappa shape index (κ1) is 14.5. The van der Waals surface area contributed by atoms with Crippen LogP contribution in [0.5, 0.6) is 0 Å². The van der Waals surface area contributed by atoms with Gasteiger partial charge in [0.05, 0.1) is 0 Å². The zero-order valence-electron chi connectivity index (χ0n) is 11.4. The molecule has 1 unspecified atom stereocenters. The van der Waals surface area contributed by atoms with Crippen LogP contribution in [0.1, 0.15) is 33.6 Å². The highest BCUT2D eigenvalue weighted by atomic mass is 16.5. The molecule has 4 heteroatoms. The van der Waals surface area contributed by atoms with E-state index in [-0.39, 0.29) is 12.0 Å². The number of amides is 1. The van der Waals surface area contributed by atoms with Gasteiger partial charge in [0, 0.05) is 19.7 Å². The summed E-state index contributed by atoms with van der Waals surface area (Å²) in [7, 11) is 0. The van der Waals surface area contributed by atoms with E-state index in [1.807, 2.05) is 18.7 Å². The number of carbonyl (C=O) groups is 1. The van der Waals surface area contributed by atoms with Gasteiger partial charge in [0.1, 0.15) is 6.10 Å². The lowest BCUT2D eigenvalue weighted by molar-refractivity contribution is -0.143. The first-order valence-electron chi connectivity index (χ1n) is 6.80. The van der Waals surface area contributed by atoms with Crippen LogP contribution in [0.4, 0.5) is 0 Å². The predicted octanol–water partition coefficient (Wildman–Crippen LogP) is 1.26. The van der Waals surface area contributed by atoms with Crippen molar-refractivity contribution in [2.24, 2.45) is 5.92 Å². The topological polar surface area (TPSA) is 41.6 Å². The third-order valence-corrected chi connectivity index (χ3v) is 3.37. The maximum absolute atomic E-state index is 12.0. The van der Waals surface area contributed by atoms with Gasteiger partial charge in [-0.3, -0.25) is 4.79 Å². The van der Waals surface area contributed by atoms with Crippen molar-refractivity contribution in [3.8, 4) is 0 Å². The Balaban J connectivity index is 2.28. The minimum absolute atomic E-state index is 0.147. The zero-order chi connectivity index (χ0) is 12.7. The Hall–Kier alpha value is -0.610. The normalized spacial score (nSPS) is 19.4. The van der Waals surface area contributed by atoms with Crippen LogP contribution in [-0.2, 0) is 9.53 Å². The van der Waals surface area contributed by atoms with E-state index in [9.17, 15) is 4.79 Å². The molecule has 100 valence electrons. The van der Waals surface area contributed by atoms with Gasteiger partial charge in [-0.1, -0.05) is 6.92 Å². The average molecular weight is 242 g/mol. The zero-order valence-corrected chi connectivity index (χ0v) is 11.4. The minimum Gasteiger partial charge on any atom is -0.369 e. The molecule has 1 N–H and O–H groups in total. The Kier molecular flexibility index (Phi) is 6.52. The van der Waals surface area contributed by atoms with Gasteiger partial charge in [-0.15, -0.1) is 0 Å². The minimum atomic E-state index is -0.287. The van der Waals surface area contributed by atoms with Gasteiger partial charge < -0.3 is 15.0 Å². The standard InChI is InChI=1S/C13H26N2O2/c1-4-14-10-12-6-8-15(9-7-12)13(16)11(3)17-5-2/h11-12,14H,4-10H2,1-3H3. The molecule has 1 fully saturated rings. The van der Waals surface area contributed by atoms with Crippen molar-refractivity contribution in [1.29, 1.82) is 0 Å². The summed E-state index contributed by atoms with van der Waals surface area (Å²) in [5.74, 6) is 0.871. The summed E-state index contributed by atoms with van der Waals surface area (Å²) in [6.45, 7) is 10.4. The maximum Gasteiger partial charge on any atom is 0.251 e. The van der Waals surface area contributed by atoms with Crippen LogP contribution >= 0.6 is 0 Å². The first-order chi connectivity index (χ1) is 8.19. The van der Waals surface area contributed by atoms with E-state index >= 15 is 0 Å². The van der Waals surface area contributed by atoms with Crippen molar-refractivity contribution >= 4 is 5.91 Å². The lowest BCUT2D eigenvalue weighted by Gasteiger charge is -2.33. The quantitative estimate of drug-likeness (QED) is 0.762. The van der Waals surface area contributed by atoms with Crippen molar-refractivity contribution in [2.45, 2.75) is 39.7 Å². The Morgan fingerprint density at radius 3 is 2.59 bits per heavy atom. The molecule has 0 aliphatic carbocycles. The molecule has 0 bridgehead atoms. The monoisotopic (exact) mass is 242 g/mol. The van der Waals surface area contributed by atoms with Gasteiger partial charge in [0.15, 0.2) is 0 Å². The summed E-state index contributed by atoms with van der Waals surface area (Å²) < 4.78 is 5.35. The third kappa shape index (κ3) is 4.64. The van der Waals surface area contributed by atoms with E-state index in [4.69, 9.17) is 4.74 Å². The van der Waals surface area contributed by atoms with Gasteiger partial charge in [-0.2, -0.15) is 0 Å². The number of likely N-dealkylation sites (tertiary alicyclic amines) is 1. The number of nitrogens with zero attached hydrogens (tertiary/aromatic N) is 1. The lowest BCUT2D eigenvalue weighted by atomic mass is 9.96. The summed E-state index contributed by atoms with van der Waals surface area (Å²) in [4.78, 5) is 13.9. The summed E-state index contributed by atoms with van der Waals surface area (Å²) in [5.41, 5.74) is 0. The molecule has 0 aromatic carbocycles. The molecule has 1 aliphatic rings. The van der Waals surface area contributed by atoms with Crippen LogP contribution in [0.2, 0.25) is 0 Å². The fourth-order valence-corrected chi connectivity index (χ4v) is 2.28. The molecule has 0 saturated carbocycles. The van der Waals surface area contributed by atoms with Gasteiger partial charge in [-0.25, -0.2) is 0 Å². The number of piperidine rings is 1. The van der Waals surface area contributed by atoms with Crippen LogP contribution in [0.3, 0.4) is 0 Å². The Morgan fingerprint density at radius 2 is 2.06 bits per heavy atom. The number of nitrogens with one attached hydrogen (secondary N) is 1. The second-order valence-corrected chi connectivity index (χ2v) is 4.67. The van der Waals surface area contributed by atoms with Crippen molar-refractivity contribution in [2.75, 3.05) is 32.8 Å². The molecule has 1 aliphatic heterocycles. The first-order valence-corrected chi connectivity index (χ1v) is 6.80. The van der Waals surface area contributed by atoms with E-state index < -0.39 is 0 Å². The highest BCUT2D eigenvalue weighted by Crippen LogP contribution is 2.17. The maximum atomic E-state index is 12.0. The van der Waals surface area contributed by atoms with Crippen molar-refractivity contribution in [1.82, 2.24) is 10.2 Å². The fourth-order valence-electron chi connectivity index (χ4n) is 2.28. The second kappa shape index (κ2) is 7.67. The number of carbonyl (C=O) groups excluding carboxylic acids is 1. The number of ether oxygens (including phenoxy) is 1. The van der Waals surface area contributed by atoms with E-state index in [1.165, 1.54) is 0 Å². The Labute approximate surface area is 105 Å². The molecule has 1 amide bonds. The van der Waals surface area contributed by atoms with Crippen LogP contribution in [0.15, 0.2) is 0 Å². The van der Waals surface area contributed by atoms with Gasteiger partial charge in [0.25, 0.3) is 5.91 Å². The number of hydrogen-bond donors (Lipinski definition) is 1. The number of hydrogen-bond acceptors (Lipinski definition) is 3. The van der Waals surface area contributed by atoms with Crippen LogP contribution < -0.4 is 5.32 Å². The highest BCUT2D eigenvalue weighted by molar-refractivity contribution is 5.80. The summed E-state index contributed by atoms with van der Waals surface area (Å²) >= 11 is 0. The van der Waals surface area contributed by atoms with E-state index in [0.29, 0.717) is 6.61 Å². The molecule has 1 rings (SSSR count). The lowest BCUT2D eigenvalue weighted by Crippen LogP contribution is -2.45. The largest absolute Gasteiger partial charge is 0.369 e. The molecular weight excluding hydrogens is 216 g/mol. The molecule has 17 heavy (non-hydrogen) atoms. The number of rotatable bonds is 6. The van der Waals surface area contributed by atoms with Crippen LogP contribution in [0.25, 0.3) is 0 Å². The molecule has 0 spiro atoms. The molecule has 1 heterocycles. The molecule has 0 aromatic rings. The van der Waals surface area contributed by atoms with Crippen molar-refractivity contribution in [3.05, 3.63) is 0 Å². The average Bonchev–Trinajstić information content (AvgIpc) is 2.36. The Bertz CT molecular complexity index is 225. The summed E-state index contributed by atoms with van der Waals surface area (Å²) in [5, 5.41) is 3.38. The molecule has 0 aromatic heterocycles. The molecule has 1 atom stereocenters. The van der Waals surface area contributed by atoms with Crippen LogP contribution in [-0.4, -0.2) is 49.7 Å². The Morgan fingerprint density at radius 1 is 1.41 bits per heavy atom. The molecular formula is C13H26N2O2. The van der Waals surface area contributed by atoms with Gasteiger partial charge >= 0.3 is 0 Å². The smallest absolute Gasteiger partial charge is 0.251 e. The molecule has 1 saturated heterocycles. The van der Waals surface area contributed by atoms with Crippen LogP contribution in [0, 0.1) is 5.92 Å². The third-order valence-electron chi connectivity index (χ3n) is 3.37. The molecule has 0 radical (unpaired) electrons. The van der Waals surface area contributed by atoms with E-state index in [1.54, 1.807) is 0 Å². The fraction of sp³-hybridized carbons (Fsp3) is 0.923. The van der Waals surface area contributed by atoms with E-state index in [2.05, 4.69) is 12.2 Å². The SMILES string of the molecule is CCNCC1CCN(C(=O)C(C)OCC)CC1. The summed E-state index contributed by atoms with van der Waals surface area (Å²) in [6, 6.07) is 0. The van der Waals surface area contributed by atoms with Gasteiger partial charge in [-0.05, 0) is 45.7 Å². The second-order valence-electron chi connectivity index (χ2n) is 4.67.